The molecule has 8 heteroatoms. The quantitative estimate of drug-likeness (QED) is 0.622. The van der Waals surface area contributed by atoms with E-state index in [4.69, 9.17) is 0 Å². The molecule has 28 heavy (non-hydrogen) atoms. The Morgan fingerprint density at radius 1 is 1.07 bits per heavy atom. The van der Waals surface area contributed by atoms with Crippen LogP contribution in [0.25, 0.3) is 10.8 Å². The molecule has 6 nitrogen and oxygen atoms in total. The Bertz CT molecular complexity index is 1090. The van der Waals surface area contributed by atoms with Gasteiger partial charge in [-0.3, -0.25) is 4.79 Å². The SMILES string of the molecule is C[C@@H](Sc1ccc(S(=O)(=O)N(C)C)cn1)C(=O)Nc1cccc2ccccc12. The summed E-state index contributed by atoms with van der Waals surface area (Å²) in [6.07, 6.45) is 1.31. The average molecular weight is 416 g/mol. The fourth-order valence-electron chi connectivity index (χ4n) is 2.60. The fourth-order valence-corrected chi connectivity index (χ4v) is 4.24. The molecule has 3 aromatic rings. The zero-order chi connectivity index (χ0) is 20.3. The van der Waals surface area contributed by atoms with Crippen molar-refractivity contribution < 1.29 is 13.2 Å². The first-order valence-corrected chi connectivity index (χ1v) is 10.9. The van der Waals surface area contributed by atoms with Crippen LogP contribution >= 0.6 is 11.8 Å². The summed E-state index contributed by atoms with van der Waals surface area (Å²) in [4.78, 5) is 16.9. The predicted molar refractivity (Wildman–Crippen MR) is 113 cm³/mol. The van der Waals surface area contributed by atoms with Crippen LogP contribution in [0.3, 0.4) is 0 Å². The Labute approximate surface area is 169 Å². The van der Waals surface area contributed by atoms with Gasteiger partial charge in [-0.1, -0.05) is 48.2 Å². The minimum Gasteiger partial charge on any atom is -0.325 e. The second kappa shape index (κ2) is 8.30. The predicted octanol–water partition coefficient (Wildman–Crippen LogP) is 3.60. The van der Waals surface area contributed by atoms with Gasteiger partial charge >= 0.3 is 0 Å². The first-order valence-electron chi connectivity index (χ1n) is 8.63. The molecule has 0 aliphatic rings. The van der Waals surface area contributed by atoms with Crippen molar-refractivity contribution in [2.24, 2.45) is 0 Å². The molecule has 0 saturated carbocycles. The van der Waals surface area contributed by atoms with Crippen molar-refractivity contribution in [2.75, 3.05) is 19.4 Å². The molecule has 0 radical (unpaired) electrons. The Morgan fingerprint density at radius 3 is 2.46 bits per heavy atom. The summed E-state index contributed by atoms with van der Waals surface area (Å²) >= 11 is 1.27. The van der Waals surface area contributed by atoms with Crippen LogP contribution in [0, 0.1) is 0 Å². The van der Waals surface area contributed by atoms with Gasteiger partial charge in [0.1, 0.15) is 4.90 Å². The minimum absolute atomic E-state index is 0.120. The molecule has 0 aliphatic heterocycles. The number of benzene rings is 2. The molecule has 1 heterocycles. The Morgan fingerprint density at radius 2 is 1.79 bits per heavy atom. The van der Waals surface area contributed by atoms with Gasteiger partial charge in [0.15, 0.2) is 0 Å². The summed E-state index contributed by atoms with van der Waals surface area (Å²) in [6, 6.07) is 16.7. The van der Waals surface area contributed by atoms with Crippen molar-refractivity contribution in [3.8, 4) is 0 Å². The number of rotatable bonds is 6. The van der Waals surface area contributed by atoms with Gasteiger partial charge in [0, 0.05) is 31.4 Å². The number of hydrogen-bond acceptors (Lipinski definition) is 5. The van der Waals surface area contributed by atoms with E-state index in [0.29, 0.717) is 5.03 Å². The van der Waals surface area contributed by atoms with Gasteiger partial charge < -0.3 is 5.32 Å². The molecule has 0 fully saturated rings. The number of aromatic nitrogens is 1. The smallest absolute Gasteiger partial charge is 0.244 e. The van der Waals surface area contributed by atoms with Crippen LogP contribution in [-0.2, 0) is 14.8 Å². The molecular formula is C20H21N3O3S2. The molecule has 0 saturated heterocycles. The van der Waals surface area contributed by atoms with Crippen molar-refractivity contribution in [1.29, 1.82) is 0 Å². The lowest BCUT2D eigenvalue weighted by atomic mass is 10.1. The monoisotopic (exact) mass is 415 g/mol. The number of sulfonamides is 1. The van der Waals surface area contributed by atoms with E-state index >= 15 is 0 Å². The third kappa shape index (κ3) is 4.35. The van der Waals surface area contributed by atoms with E-state index in [1.165, 1.54) is 38.1 Å². The van der Waals surface area contributed by atoms with E-state index in [1.807, 2.05) is 42.5 Å². The number of fused-ring (bicyclic) bond motifs is 1. The number of carbonyl (C=O) groups is 1. The molecule has 0 aliphatic carbocycles. The summed E-state index contributed by atoms with van der Waals surface area (Å²) in [5.74, 6) is -0.145. The Balaban J connectivity index is 1.71. The largest absolute Gasteiger partial charge is 0.325 e. The maximum atomic E-state index is 12.6. The van der Waals surface area contributed by atoms with Crippen molar-refractivity contribution in [3.63, 3.8) is 0 Å². The van der Waals surface area contributed by atoms with E-state index in [-0.39, 0.29) is 10.8 Å². The van der Waals surface area contributed by atoms with Gasteiger partial charge in [0.2, 0.25) is 15.9 Å². The van der Waals surface area contributed by atoms with Crippen molar-refractivity contribution >= 4 is 44.2 Å². The van der Waals surface area contributed by atoms with Crippen molar-refractivity contribution in [3.05, 3.63) is 60.8 Å². The number of carbonyl (C=O) groups excluding carboxylic acids is 1. The van der Waals surface area contributed by atoms with E-state index in [9.17, 15) is 13.2 Å². The molecule has 1 atom stereocenters. The molecular weight excluding hydrogens is 394 g/mol. The Hall–Kier alpha value is -2.42. The summed E-state index contributed by atoms with van der Waals surface area (Å²) < 4.78 is 25.3. The van der Waals surface area contributed by atoms with E-state index in [1.54, 1.807) is 13.0 Å². The van der Waals surface area contributed by atoms with Crippen LogP contribution in [0.4, 0.5) is 5.69 Å². The number of thioether (sulfide) groups is 1. The van der Waals surface area contributed by atoms with E-state index in [0.717, 1.165) is 20.8 Å². The van der Waals surface area contributed by atoms with Crippen LogP contribution in [-0.4, -0.2) is 43.0 Å². The van der Waals surface area contributed by atoms with Gasteiger partial charge in [0.25, 0.3) is 0 Å². The first-order chi connectivity index (χ1) is 13.3. The third-order valence-corrected chi connectivity index (χ3v) is 7.05. The molecule has 3 rings (SSSR count). The highest BCUT2D eigenvalue weighted by Gasteiger charge is 2.19. The van der Waals surface area contributed by atoms with Gasteiger partial charge in [-0.05, 0) is 30.5 Å². The van der Waals surface area contributed by atoms with E-state index < -0.39 is 15.3 Å². The molecule has 0 bridgehead atoms. The maximum Gasteiger partial charge on any atom is 0.244 e. The molecule has 146 valence electrons. The second-order valence-electron chi connectivity index (χ2n) is 6.40. The average Bonchev–Trinajstić information content (AvgIpc) is 2.68. The maximum absolute atomic E-state index is 12.6. The lowest BCUT2D eigenvalue weighted by molar-refractivity contribution is -0.115. The number of pyridine rings is 1. The minimum atomic E-state index is -3.52. The summed E-state index contributed by atoms with van der Waals surface area (Å²) in [6.45, 7) is 1.79. The summed E-state index contributed by atoms with van der Waals surface area (Å²) in [5, 5.41) is 5.18. The second-order valence-corrected chi connectivity index (χ2v) is 9.91. The van der Waals surface area contributed by atoms with Gasteiger partial charge in [-0.2, -0.15) is 0 Å². The number of anilines is 1. The molecule has 1 amide bonds. The molecule has 0 unspecified atom stereocenters. The van der Waals surface area contributed by atoms with Crippen LogP contribution in [0.1, 0.15) is 6.92 Å². The van der Waals surface area contributed by atoms with Gasteiger partial charge in [0.05, 0.1) is 10.3 Å². The van der Waals surface area contributed by atoms with Crippen LogP contribution < -0.4 is 5.32 Å². The van der Waals surface area contributed by atoms with E-state index in [2.05, 4.69) is 10.3 Å². The van der Waals surface area contributed by atoms with Gasteiger partial charge in [-0.25, -0.2) is 17.7 Å². The Kier molecular flexibility index (Phi) is 6.02. The highest BCUT2D eigenvalue weighted by atomic mass is 32.2. The number of nitrogens with one attached hydrogen (secondary N) is 1. The number of nitrogens with zero attached hydrogens (tertiary/aromatic N) is 2. The van der Waals surface area contributed by atoms with Crippen molar-refractivity contribution in [2.45, 2.75) is 22.1 Å². The lowest BCUT2D eigenvalue weighted by Gasteiger charge is -2.14. The number of amides is 1. The summed E-state index contributed by atoms with van der Waals surface area (Å²) in [5.41, 5.74) is 0.760. The number of hydrogen-bond donors (Lipinski definition) is 1. The molecule has 1 aromatic heterocycles. The highest BCUT2D eigenvalue weighted by Crippen LogP contribution is 2.26. The fraction of sp³-hybridized carbons (Fsp3) is 0.200. The first kappa shape index (κ1) is 20.3. The normalized spacial score (nSPS) is 12.9. The third-order valence-electron chi connectivity index (χ3n) is 4.20. The van der Waals surface area contributed by atoms with Crippen LogP contribution in [0.2, 0.25) is 0 Å². The molecule has 2 aromatic carbocycles. The lowest BCUT2D eigenvalue weighted by Crippen LogP contribution is -2.23. The van der Waals surface area contributed by atoms with Crippen molar-refractivity contribution in [1.82, 2.24) is 9.29 Å². The zero-order valence-electron chi connectivity index (χ0n) is 15.8. The zero-order valence-corrected chi connectivity index (χ0v) is 17.4. The van der Waals surface area contributed by atoms with Gasteiger partial charge in [-0.15, -0.1) is 0 Å². The van der Waals surface area contributed by atoms with Crippen LogP contribution in [0.5, 0.6) is 0 Å². The molecule has 1 N–H and O–H groups in total. The summed E-state index contributed by atoms with van der Waals surface area (Å²) in [7, 11) is -0.578. The highest BCUT2D eigenvalue weighted by molar-refractivity contribution is 8.00. The standard InChI is InChI=1S/C20H21N3O3S2/c1-14(27-19-12-11-16(13-21-19)28(25,26)23(2)3)20(24)22-18-10-6-8-15-7-4-5-9-17(15)18/h4-14H,1-3H3,(H,22,24)/t14-/m1/s1. The van der Waals surface area contributed by atoms with Crippen LogP contribution in [0.15, 0.2) is 70.7 Å². The molecule has 0 spiro atoms. The topological polar surface area (TPSA) is 79.4 Å².